The summed E-state index contributed by atoms with van der Waals surface area (Å²) in [4.78, 5) is 19.2. The summed E-state index contributed by atoms with van der Waals surface area (Å²) in [6.45, 7) is 1.52. The van der Waals surface area contributed by atoms with E-state index in [-0.39, 0.29) is 11.9 Å². The van der Waals surface area contributed by atoms with Crippen LogP contribution in [0.1, 0.15) is 38.1 Å². The van der Waals surface area contributed by atoms with Crippen LogP contribution in [0.5, 0.6) is 0 Å². The van der Waals surface area contributed by atoms with Crippen molar-refractivity contribution in [3.05, 3.63) is 30.6 Å². The summed E-state index contributed by atoms with van der Waals surface area (Å²) in [7, 11) is 0. The number of hydrogen-bond acceptors (Lipinski definition) is 4. The number of aliphatic hydroxyl groups excluding tert-OH is 1. The number of nitrogens with two attached hydrogens (primary N) is 1. The Morgan fingerprint density at radius 3 is 2.65 bits per heavy atom. The number of likely N-dealkylation sites (tertiary alicyclic amines) is 1. The number of aliphatic hydroxyl groups is 1. The van der Waals surface area contributed by atoms with Crippen LogP contribution >= 0.6 is 0 Å². The third kappa shape index (κ3) is 2.39. The smallest absolute Gasteiger partial charge is 0.242 e. The van der Waals surface area contributed by atoms with E-state index in [1.807, 2.05) is 29.4 Å². The zero-order valence-electron chi connectivity index (χ0n) is 14.9. The number of amides is 1. The molecule has 1 aliphatic heterocycles. The molecule has 1 aromatic carbocycles. The second kappa shape index (κ2) is 5.79. The fourth-order valence-electron chi connectivity index (χ4n) is 5.20. The van der Waals surface area contributed by atoms with E-state index < -0.39 is 11.6 Å². The van der Waals surface area contributed by atoms with Gasteiger partial charge in [-0.15, -0.1) is 0 Å². The van der Waals surface area contributed by atoms with E-state index >= 15 is 0 Å². The third-order valence-electron chi connectivity index (χ3n) is 6.91. The predicted molar refractivity (Wildman–Crippen MR) is 98.3 cm³/mol. The van der Waals surface area contributed by atoms with Crippen molar-refractivity contribution in [2.24, 2.45) is 17.6 Å². The Hall–Kier alpha value is -1.92. The van der Waals surface area contributed by atoms with Gasteiger partial charge in [0.2, 0.25) is 5.91 Å². The first-order valence-electron chi connectivity index (χ1n) is 9.73. The fraction of sp³-hybridized carbons (Fsp3) is 0.600. The van der Waals surface area contributed by atoms with Crippen molar-refractivity contribution in [1.82, 2.24) is 14.5 Å². The van der Waals surface area contributed by atoms with Crippen LogP contribution in [0.2, 0.25) is 0 Å². The monoisotopic (exact) mass is 354 g/mol. The molecule has 2 heterocycles. The maximum absolute atomic E-state index is 12.8. The highest BCUT2D eigenvalue weighted by Gasteiger charge is 2.48. The molecule has 1 aromatic heterocycles. The van der Waals surface area contributed by atoms with E-state index in [2.05, 4.69) is 15.6 Å². The molecule has 3 fully saturated rings. The van der Waals surface area contributed by atoms with E-state index in [1.165, 1.54) is 0 Å². The highest BCUT2D eigenvalue weighted by Crippen LogP contribution is 2.43. The average molecular weight is 354 g/mol. The topological polar surface area (TPSA) is 84.4 Å². The summed E-state index contributed by atoms with van der Waals surface area (Å²) in [5.41, 5.74) is 7.66. The van der Waals surface area contributed by atoms with Crippen molar-refractivity contribution in [3.63, 3.8) is 0 Å². The van der Waals surface area contributed by atoms with Crippen LogP contribution in [0.3, 0.4) is 0 Å². The Morgan fingerprint density at radius 2 is 1.92 bits per heavy atom. The van der Waals surface area contributed by atoms with Gasteiger partial charge in [0.25, 0.3) is 0 Å². The number of carbonyl (C=O) groups excluding carboxylic acids is 1. The summed E-state index contributed by atoms with van der Waals surface area (Å²) < 4.78 is 2.12. The summed E-state index contributed by atoms with van der Waals surface area (Å²) in [6, 6.07) is 8.07. The van der Waals surface area contributed by atoms with Crippen LogP contribution in [0.4, 0.5) is 0 Å². The molecule has 26 heavy (non-hydrogen) atoms. The molecule has 1 amide bonds. The first kappa shape index (κ1) is 16.3. The molecule has 2 aliphatic carbocycles. The maximum Gasteiger partial charge on any atom is 0.242 e. The quantitative estimate of drug-likeness (QED) is 0.859. The van der Waals surface area contributed by atoms with Crippen LogP contribution in [0.15, 0.2) is 30.6 Å². The summed E-state index contributed by atoms with van der Waals surface area (Å²) >= 11 is 0. The number of para-hydroxylation sites is 2. The van der Waals surface area contributed by atoms with E-state index in [0.29, 0.717) is 11.8 Å². The number of hydrogen-bond donors (Lipinski definition) is 2. The van der Waals surface area contributed by atoms with Gasteiger partial charge < -0.3 is 20.3 Å². The standard InChI is InChI=1S/C20H26N4O2/c21-20(6-3-7-20)19(26)23-10-13-8-17(18(25)9-14(13)11-23)24-12-22-15-4-1-2-5-16(15)24/h1-2,4-5,12-14,17-18,25H,3,6-11,21H2/t13-,14+,17-,18-/m1/s1. The van der Waals surface area contributed by atoms with Crippen molar-refractivity contribution in [3.8, 4) is 0 Å². The minimum Gasteiger partial charge on any atom is -0.391 e. The summed E-state index contributed by atoms with van der Waals surface area (Å²) in [6.07, 6.45) is 5.74. The predicted octanol–water partition coefficient (Wildman–Crippen LogP) is 1.69. The van der Waals surface area contributed by atoms with Crippen LogP contribution in [0, 0.1) is 11.8 Å². The SMILES string of the molecule is NC1(C(=O)N2C[C@H]3C[C@@H](n4cnc5ccccc54)[C@H](O)C[C@H]3C2)CCC1. The lowest BCUT2D eigenvalue weighted by Crippen LogP contribution is -2.59. The van der Waals surface area contributed by atoms with Gasteiger partial charge >= 0.3 is 0 Å². The number of fused-ring (bicyclic) bond motifs is 2. The van der Waals surface area contributed by atoms with E-state index in [4.69, 9.17) is 5.73 Å². The Morgan fingerprint density at radius 1 is 1.19 bits per heavy atom. The Labute approximate surface area is 153 Å². The van der Waals surface area contributed by atoms with Gasteiger partial charge in [0.1, 0.15) is 0 Å². The lowest BCUT2D eigenvalue weighted by atomic mass is 9.76. The van der Waals surface area contributed by atoms with Crippen molar-refractivity contribution in [2.75, 3.05) is 13.1 Å². The van der Waals surface area contributed by atoms with Gasteiger partial charge in [-0.25, -0.2) is 4.98 Å². The van der Waals surface area contributed by atoms with Crippen molar-refractivity contribution < 1.29 is 9.90 Å². The fourth-order valence-corrected chi connectivity index (χ4v) is 5.20. The molecular formula is C20H26N4O2. The summed E-state index contributed by atoms with van der Waals surface area (Å²) in [5, 5.41) is 10.8. The van der Waals surface area contributed by atoms with Crippen LogP contribution in [-0.2, 0) is 4.79 Å². The maximum atomic E-state index is 12.8. The lowest BCUT2D eigenvalue weighted by Gasteiger charge is -2.39. The highest BCUT2D eigenvalue weighted by atomic mass is 16.3. The number of carbonyl (C=O) groups is 1. The highest BCUT2D eigenvalue weighted by molar-refractivity contribution is 5.87. The first-order valence-corrected chi connectivity index (χ1v) is 9.73. The van der Waals surface area contributed by atoms with Crippen molar-refractivity contribution >= 4 is 16.9 Å². The molecule has 4 atom stereocenters. The second-order valence-corrected chi connectivity index (χ2v) is 8.49. The molecule has 0 spiro atoms. The minimum absolute atomic E-state index is 0.0224. The van der Waals surface area contributed by atoms with Gasteiger partial charge in [-0.05, 0) is 56.1 Å². The molecule has 3 aliphatic rings. The molecule has 6 nitrogen and oxygen atoms in total. The third-order valence-corrected chi connectivity index (χ3v) is 6.91. The lowest BCUT2D eigenvalue weighted by molar-refractivity contribution is -0.139. The van der Waals surface area contributed by atoms with Crippen molar-refractivity contribution in [2.45, 2.75) is 49.8 Å². The Kier molecular flexibility index (Phi) is 3.62. The molecule has 0 unspecified atom stereocenters. The Bertz CT molecular complexity index is 843. The molecule has 5 rings (SSSR count). The van der Waals surface area contributed by atoms with Gasteiger partial charge in [0, 0.05) is 13.1 Å². The van der Waals surface area contributed by atoms with E-state index in [9.17, 15) is 9.90 Å². The number of nitrogens with zero attached hydrogens (tertiary/aromatic N) is 3. The molecule has 2 aromatic rings. The van der Waals surface area contributed by atoms with Gasteiger partial charge in [-0.1, -0.05) is 12.1 Å². The van der Waals surface area contributed by atoms with Crippen molar-refractivity contribution in [1.29, 1.82) is 0 Å². The molecule has 2 saturated carbocycles. The summed E-state index contributed by atoms with van der Waals surface area (Å²) in [5.74, 6) is 0.929. The number of rotatable bonds is 2. The zero-order valence-corrected chi connectivity index (χ0v) is 14.9. The van der Waals surface area contributed by atoms with Gasteiger partial charge in [-0.3, -0.25) is 4.79 Å². The van der Waals surface area contributed by atoms with Crippen LogP contribution in [0.25, 0.3) is 11.0 Å². The van der Waals surface area contributed by atoms with Gasteiger partial charge in [-0.2, -0.15) is 0 Å². The van der Waals surface area contributed by atoms with Crippen LogP contribution in [-0.4, -0.2) is 50.2 Å². The molecule has 0 bridgehead atoms. The molecule has 6 heteroatoms. The van der Waals surface area contributed by atoms with Gasteiger partial charge in [0.15, 0.2) is 0 Å². The molecule has 1 saturated heterocycles. The van der Waals surface area contributed by atoms with Crippen LogP contribution < -0.4 is 5.73 Å². The normalized spacial score (nSPS) is 33.1. The first-order chi connectivity index (χ1) is 12.5. The zero-order chi connectivity index (χ0) is 17.9. The van der Waals surface area contributed by atoms with Gasteiger partial charge in [0.05, 0.1) is 35.0 Å². The Balaban J connectivity index is 1.36. The second-order valence-electron chi connectivity index (χ2n) is 8.49. The number of benzene rings is 1. The largest absolute Gasteiger partial charge is 0.391 e. The van der Waals surface area contributed by atoms with E-state index in [1.54, 1.807) is 0 Å². The van der Waals surface area contributed by atoms with E-state index in [0.717, 1.165) is 56.2 Å². The molecule has 3 N–H and O–H groups in total. The molecular weight excluding hydrogens is 328 g/mol. The average Bonchev–Trinajstić information content (AvgIpc) is 3.21. The number of imidazole rings is 1. The molecule has 138 valence electrons. The number of aromatic nitrogens is 2. The minimum atomic E-state index is -0.619. The molecule has 0 radical (unpaired) electrons.